The van der Waals surface area contributed by atoms with E-state index in [0.29, 0.717) is 6.42 Å². The summed E-state index contributed by atoms with van der Waals surface area (Å²) >= 11 is 1.50. The van der Waals surface area contributed by atoms with Crippen LogP contribution in [-0.2, 0) is 16.0 Å². The van der Waals surface area contributed by atoms with Gasteiger partial charge >= 0.3 is 5.97 Å². The Bertz CT molecular complexity index is 497. The summed E-state index contributed by atoms with van der Waals surface area (Å²) in [7, 11) is 1.20. The van der Waals surface area contributed by atoms with Crippen molar-refractivity contribution in [2.75, 3.05) is 13.4 Å². The number of thioether (sulfide) groups is 1. The van der Waals surface area contributed by atoms with Crippen LogP contribution in [0.5, 0.6) is 0 Å². The summed E-state index contributed by atoms with van der Waals surface area (Å²) in [5.74, 6) is -1.22. The summed E-state index contributed by atoms with van der Waals surface area (Å²) in [4.78, 5) is 28.9. The molecule has 0 saturated heterocycles. The van der Waals surface area contributed by atoms with Gasteiger partial charge in [-0.1, -0.05) is 6.92 Å². The molecular formula is C14H20N2O4S. The van der Waals surface area contributed by atoms with Gasteiger partial charge in [-0.25, -0.2) is 9.78 Å². The molecular weight excluding hydrogens is 292 g/mol. The summed E-state index contributed by atoms with van der Waals surface area (Å²) in [5.41, 5.74) is 1.01. The number of amides is 1. The third-order valence-electron chi connectivity index (χ3n) is 2.91. The lowest BCUT2D eigenvalue weighted by Gasteiger charge is -2.19. The van der Waals surface area contributed by atoms with Crippen molar-refractivity contribution in [1.82, 2.24) is 10.3 Å². The topological polar surface area (TPSA) is 88.5 Å². The van der Waals surface area contributed by atoms with Gasteiger partial charge in [-0.15, -0.1) is 11.8 Å². The summed E-state index contributed by atoms with van der Waals surface area (Å²) in [6.07, 6.45) is 1.55. The third kappa shape index (κ3) is 4.71. The molecule has 1 rings (SSSR count). The van der Waals surface area contributed by atoms with Crippen LogP contribution in [0.25, 0.3) is 0 Å². The summed E-state index contributed by atoms with van der Waals surface area (Å²) in [6, 6.07) is 2.44. The predicted octanol–water partition coefficient (Wildman–Crippen LogP) is 1.02. The minimum Gasteiger partial charge on any atom is -0.467 e. The quantitative estimate of drug-likeness (QED) is 0.602. The molecule has 0 fully saturated rings. The molecule has 0 radical (unpaired) electrons. The molecule has 2 N–H and O–H groups in total. The van der Waals surface area contributed by atoms with Crippen LogP contribution in [0.2, 0.25) is 0 Å². The Morgan fingerprint density at radius 3 is 2.62 bits per heavy atom. The first-order valence-electron chi connectivity index (χ1n) is 6.54. The van der Waals surface area contributed by atoms with Crippen LogP contribution in [0.3, 0.4) is 0 Å². The number of carbonyl (C=O) groups excluding carboxylic acids is 2. The zero-order chi connectivity index (χ0) is 16.0. The molecule has 1 aromatic heterocycles. The van der Waals surface area contributed by atoms with Crippen molar-refractivity contribution >= 4 is 23.6 Å². The van der Waals surface area contributed by atoms with Crippen molar-refractivity contribution in [3.63, 3.8) is 0 Å². The maximum Gasteiger partial charge on any atom is 0.331 e. The minimum absolute atomic E-state index is 0.216. The zero-order valence-corrected chi connectivity index (χ0v) is 13.4. The van der Waals surface area contributed by atoms with Crippen LogP contribution in [0.1, 0.15) is 30.0 Å². The molecule has 0 spiro atoms. The second-order valence-electron chi connectivity index (χ2n) is 4.45. The van der Waals surface area contributed by atoms with Gasteiger partial charge < -0.3 is 15.2 Å². The highest BCUT2D eigenvalue weighted by atomic mass is 32.2. The number of methoxy groups -OCH3 is 1. The first kappa shape index (κ1) is 17.5. The van der Waals surface area contributed by atoms with Gasteiger partial charge in [0.25, 0.3) is 5.91 Å². The standard InChI is InChI=1S/C14H20N2O4S/c1-5-9-6-10(21-4)7-11(15-9)13(18)16-12(8(2)17)14(19)20-3/h6-8,12,17H,5H2,1-4H3,(H,16,18). The van der Waals surface area contributed by atoms with Gasteiger partial charge in [0.1, 0.15) is 5.69 Å². The van der Waals surface area contributed by atoms with Crippen LogP contribution in [0, 0.1) is 0 Å². The second kappa shape index (κ2) is 7.99. The van der Waals surface area contributed by atoms with Crippen molar-refractivity contribution in [3.05, 3.63) is 23.5 Å². The predicted molar refractivity (Wildman–Crippen MR) is 80.3 cm³/mol. The molecule has 0 saturated carbocycles. The molecule has 2 unspecified atom stereocenters. The van der Waals surface area contributed by atoms with E-state index in [4.69, 9.17) is 0 Å². The fraction of sp³-hybridized carbons (Fsp3) is 0.500. The van der Waals surface area contributed by atoms with Crippen LogP contribution in [0.15, 0.2) is 17.0 Å². The number of nitrogens with one attached hydrogen (secondary N) is 1. The van der Waals surface area contributed by atoms with Crippen molar-refractivity contribution in [3.8, 4) is 0 Å². The molecule has 0 aliphatic rings. The number of pyridine rings is 1. The van der Waals surface area contributed by atoms with E-state index in [1.807, 2.05) is 19.2 Å². The zero-order valence-electron chi connectivity index (χ0n) is 12.5. The minimum atomic E-state index is -1.12. The molecule has 7 heteroatoms. The van der Waals surface area contributed by atoms with E-state index in [0.717, 1.165) is 10.6 Å². The van der Waals surface area contributed by atoms with Crippen molar-refractivity contribution in [1.29, 1.82) is 0 Å². The monoisotopic (exact) mass is 312 g/mol. The van der Waals surface area contributed by atoms with E-state index in [1.165, 1.54) is 25.8 Å². The van der Waals surface area contributed by atoms with Gasteiger partial charge in [0, 0.05) is 10.6 Å². The summed E-state index contributed by atoms with van der Waals surface area (Å²) in [6.45, 7) is 3.35. The van der Waals surface area contributed by atoms with E-state index in [1.54, 1.807) is 6.07 Å². The van der Waals surface area contributed by atoms with Crippen molar-refractivity contribution in [2.24, 2.45) is 0 Å². The molecule has 1 heterocycles. The Morgan fingerprint density at radius 1 is 1.48 bits per heavy atom. The van der Waals surface area contributed by atoms with Crippen molar-refractivity contribution in [2.45, 2.75) is 37.3 Å². The van der Waals surface area contributed by atoms with Crippen LogP contribution in [0.4, 0.5) is 0 Å². The Labute approximate surface area is 128 Å². The second-order valence-corrected chi connectivity index (χ2v) is 5.33. The lowest BCUT2D eigenvalue weighted by Crippen LogP contribution is -2.48. The number of nitrogens with zero attached hydrogens (tertiary/aromatic N) is 1. The highest BCUT2D eigenvalue weighted by molar-refractivity contribution is 7.98. The Kier molecular flexibility index (Phi) is 6.64. The lowest BCUT2D eigenvalue weighted by atomic mass is 10.1. The molecule has 2 atom stereocenters. The maximum atomic E-state index is 12.2. The smallest absolute Gasteiger partial charge is 0.331 e. The maximum absolute atomic E-state index is 12.2. The van der Waals surface area contributed by atoms with Gasteiger partial charge in [0.2, 0.25) is 0 Å². The molecule has 0 aliphatic heterocycles. The number of carbonyl (C=O) groups is 2. The number of aromatic nitrogens is 1. The average molecular weight is 312 g/mol. The van der Waals surface area contributed by atoms with Gasteiger partial charge in [0.05, 0.1) is 13.2 Å². The van der Waals surface area contributed by atoms with Gasteiger partial charge in [-0.3, -0.25) is 4.79 Å². The number of esters is 1. The SMILES string of the molecule is CCc1cc(SC)cc(C(=O)NC(C(=O)OC)C(C)O)n1. The fourth-order valence-corrected chi connectivity index (χ4v) is 2.18. The Balaban J connectivity index is 2.99. The first-order chi connectivity index (χ1) is 9.92. The summed E-state index contributed by atoms with van der Waals surface area (Å²) in [5, 5.41) is 12.0. The normalized spacial score (nSPS) is 13.4. The van der Waals surface area contributed by atoms with E-state index in [9.17, 15) is 14.7 Å². The van der Waals surface area contributed by atoms with Gasteiger partial charge in [0.15, 0.2) is 6.04 Å². The number of aryl methyl sites for hydroxylation is 1. The number of aliphatic hydroxyl groups excluding tert-OH is 1. The number of aliphatic hydroxyl groups is 1. The molecule has 21 heavy (non-hydrogen) atoms. The fourth-order valence-electron chi connectivity index (χ4n) is 1.69. The van der Waals surface area contributed by atoms with Gasteiger partial charge in [-0.05, 0) is 31.7 Å². The molecule has 1 aromatic rings. The number of hydrogen-bond acceptors (Lipinski definition) is 6. The average Bonchev–Trinajstić information content (AvgIpc) is 2.50. The molecule has 0 bridgehead atoms. The van der Waals surface area contributed by atoms with Crippen LogP contribution >= 0.6 is 11.8 Å². The molecule has 6 nitrogen and oxygen atoms in total. The van der Waals surface area contributed by atoms with Crippen molar-refractivity contribution < 1.29 is 19.4 Å². The number of hydrogen-bond donors (Lipinski definition) is 2. The summed E-state index contributed by atoms with van der Waals surface area (Å²) < 4.78 is 4.56. The first-order valence-corrected chi connectivity index (χ1v) is 7.77. The Hall–Kier alpha value is -1.60. The largest absolute Gasteiger partial charge is 0.467 e. The van der Waals surface area contributed by atoms with E-state index < -0.39 is 24.0 Å². The molecule has 1 amide bonds. The van der Waals surface area contributed by atoms with Crippen LogP contribution in [-0.4, -0.2) is 47.5 Å². The Morgan fingerprint density at radius 2 is 2.14 bits per heavy atom. The van der Waals surface area contributed by atoms with Crippen LogP contribution < -0.4 is 5.32 Å². The molecule has 116 valence electrons. The van der Waals surface area contributed by atoms with E-state index in [2.05, 4.69) is 15.0 Å². The molecule has 0 aromatic carbocycles. The highest BCUT2D eigenvalue weighted by Gasteiger charge is 2.27. The lowest BCUT2D eigenvalue weighted by molar-refractivity contribution is -0.145. The van der Waals surface area contributed by atoms with Gasteiger partial charge in [-0.2, -0.15) is 0 Å². The third-order valence-corrected chi connectivity index (χ3v) is 3.61. The molecule has 0 aliphatic carbocycles. The highest BCUT2D eigenvalue weighted by Crippen LogP contribution is 2.17. The van der Waals surface area contributed by atoms with E-state index >= 15 is 0 Å². The van der Waals surface area contributed by atoms with E-state index in [-0.39, 0.29) is 5.69 Å². The number of ether oxygens (including phenoxy) is 1. The number of rotatable bonds is 6.